The molecule has 1 fully saturated rings. The van der Waals surface area contributed by atoms with Gasteiger partial charge in [0.25, 0.3) is 0 Å². The van der Waals surface area contributed by atoms with Crippen LogP contribution in [0.25, 0.3) is 10.8 Å². The highest BCUT2D eigenvalue weighted by Crippen LogP contribution is 2.41. The monoisotopic (exact) mass is 401 g/mol. The lowest BCUT2D eigenvalue weighted by Crippen LogP contribution is -2.46. The number of likely N-dealkylation sites (N-methyl/N-ethyl adjacent to an activating group) is 1. The molecule has 2 aliphatic rings. The normalized spacial score (nSPS) is 19.7. The van der Waals surface area contributed by atoms with Gasteiger partial charge in [-0.1, -0.05) is 43.3 Å². The van der Waals surface area contributed by atoms with Crippen molar-refractivity contribution >= 4 is 16.6 Å². The molecule has 2 aromatic carbocycles. The molecular formula is C26H31N3O. The zero-order valence-corrected chi connectivity index (χ0v) is 18.1. The van der Waals surface area contributed by atoms with Crippen LogP contribution >= 0.6 is 0 Å². The van der Waals surface area contributed by atoms with Crippen molar-refractivity contribution in [1.82, 2.24) is 9.88 Å². The number of anilines is 1. The Labute approximate surface area is 179 Å². The van der Waals surface area contributed by atoms with Crippen LogP contribution in [0.2, 0.25) is 0 Å². The Balaban J connectivity index is 1.59. The van der Waals surface area contributed by atoms with Gasteiger partial charge in [0.2, 0.25) is 0 Å². The van der Waals surface area contributed by atoms with Crippen molar-refractivity contribution in [1.29, 1.82) is 0 Å². The summed E-state index contributed by atoms with van der Waals surface area (Å²) in [6.45, 7) is 7.69. The maximum atomic E-state index is 5.67. The van der Waals surface area contributed by atoms with Gasteiger partial charge in [-0.25, -0.2) is 4.98 Å². The lowest BCUT2D eigenvalue weighted by Gasteiger charge is -2.36. The highest BCUT2D eigenvalue weighted by Gasteiger charge is 2.27. The molecule has 2 heterocycles. The number of ether oxygens (including phenoxy) is 1. The number of rotatable bonds is 4. The fraction of sp³-hybridized carbons (Fsp3) is 0.423. The Morgan fingerprint density at radius 3 is 2.67 bits per heavy atom. The predicted molar refractivity (Wildman–Crippen MR) is 124 cm³/mol. The van der Waals surface area contributed by atoms with Crippen LogP contribution in [-0.2, 0) is 6.42 Å². The quantitative estimate of drug-likeness (QED) is 0.625. The number of pyridine rings is 1. The zero-order chi connectivity index (χ0) is 20.5. The number of hydrogen-bond donors (Lipinski definition) is 0. The van der Waals surface area contributed by atoms with Crippen molar-refractivity contribution in [3.63, 3.8) is 0 Å². The van der Waals surface area contributed by atoms with Crippen molar-refractivity contribution in [3.8, 4) is 5.75 Å². The lowest BCUT2D eigenvalue weighted by molar-refractivity contribution is 0.270. The van der Waals surface area contributed by atoms with Crippen molar-refractivity contribution in [2.45, 2.75) is 32.1 Å². The number of fused-ring (bicyclic) bond motifs is 2. The Hall–Kier alpha value is -2.59. The molecule has 156 valence electrons. The van der Waals surface area contributed by atoms with E-state index in [-0.39, 0.29) is 0 Å². The molecule has 1 aliphatic heterocycles. The minimum Gasteiger partial charge on any atom is -0.496 e. The summed E-state index contributed by atoms with van der Waals surface area (Å²) in [7, 11) is 1.78. The maximum absolute atomic E-state index is 5.67. The van der Waals surface area contributed by atoms with E-state index < -0.39 is 0 Å². The first-order valence-electron chi connectivity index (χ1n) is 11.3. The molecule has 0 N–H and O–H groups in total. The highest BCUT2D eigenvalue weighted by molar-refractivity contribution is 5.92. The van der Waals surface area contributed by atoms with E-state index in [1.54, 1.807) is 7.11 Å². The van der Waals surface area contributed by atoms with Crippen LogP contribution in [0.4, 0.5) is 5.82 Å². The van der Waals surface area contributed by atoms with Crippen LogP contribution < -0.4 is 9.64 Å². The van der Waals surface area contributed by atoms with Crippen LogP contribution in [0, 0.1) is 0 Å². The average Bonchev–Trinajstić information content (AvgIpc) is 2.82. The summed E-state index contributed by atoms with van der Waals surface area (Å²) >= 11 is 0. The summed E-state index contributed by atoms with van der Waals surface area (Å²) in [5, 5.41) is 2.57. The third kappa shape index (κ3) is 3.43. The zero-order valence-electron chi connectivity index (χ0n) is 18.1. The van der Waals surface area contributed by atoms with Crippen molar-refractivity contribution in [3.05, 3.63) is 65.4 Å². The number of aromatic nitrogens is 1. The summed E-state index contributed by atoms with van der Waals surface area (Å²) < 4.78 is 5.67. The average molecular weight is 402 g/mol. The van der Waals surface area contributed by atoms with E-state index in [0.717, 1.165) is 57.1 Å². The van der Waals surface area contributed by atoms with E-state index in [9.17, 15) is 0 Å². The number of hydrogen-bond acceptors (Lipinski definition) is 4. The molecule has 1 aromatic heterocycles. The second-order valence-corrected chi connectivity index (χ2v) is 8.49. The fourth-order valence-electron chi connectivity index (χ4n) is 5.21. The van der Waals surface area contributed by atoms with Gasteiger partial charge in [-0.05, 0) is 54.5 Å². The van der Waals surface area contributed by atoms with E-state index >= 15 is 0 Å². The molecule has 0 bridgehead atoms. The van der Waals surface area contributed by atoms with Crippen LogP contribution in [0.15, 0.2) is 48.5 Å². The maximum Gasteiger partial charge on any atom is 0.136 e. The number of nitrogens with zero attached hydrogens (tertiary/aromatic N) is 3. The summed E-state index contributed by atoms with van der Waals surface area (Å²) in [5.41, 5.74) is 3.96. The lowest BCUT2D eigenvalue weighted by atomic mass is 9.80. The summed E-state index contributed by atoms with van der Waals surface area (Å²) in [4.78, 5) is 10.3. The minimum atomic E-state index is 0.337. The molecule has 3 aromatic rings. The Morgan fingerprint density at radius 1 is 1.03 bits per heavy atom. The molecular weight excluding hydrogens is 370 g/mol. The standard InChI is InChI=1S/C26H31N3O/c1-3-28-14-16-29(17-15-28)26-20-9-5-4-8-19(20)18-24(27-26)22-11-6-12-23-21(22)10-7-13-25(23)30-2/h4-5,7-10,13,18,22H,3,6,11-12,14-17H2,1-2H3. The summed E-state index contributed by atoms with van der Waals surface area (Å²) in [6.07, 6.45) is 3.42. The van der Waals surface area contributed by atoms with Gasteiger partial charge in [-0.15, -0.1) is 0 Å². The second kappa shape index (κ2) is 8.27. The fourth-order valence-corrected chi connectivity index (χ4v) is 5.21. The van der Waals surface area contributed by atoms with E-state index in [1.807, 2.05) is 0 Å². The van der Waals surface area contributed by atoms with Gasteiger partial charge >= 0.3 is 0 Å². The smallest absolute Gasteiger partial charge is 0.136 e. The molecule has 1 unspecified atom stereocenters. The second-order valence-electron chi connectivity index (χ2n) is 8.49. The summed E-state index contributed by atoms with van der Waals surface area (Å²) in [6, 6.07) is 17.6. The molecule has 5 rings (SSSR count). The van der Waals surface area contributed by atoms with Gasteiger partial charge in [0.05, 0.1) is 12.8 Å². The summed E-state index contributed by atoms with van der Waals surface area (Å²) in [5.74, 6) is 2.52. The minimum absolute atomic E-state index is 0.337. The van der Waals surface area contributed by atoms with Gasteiger partial charge in [-0.3, -0.25) is 0 Å². The number of methoxy groups -OCH3 is 1. The topological polar surface area (TPSA) is 28.6 Å². The highest BCUT2D eigenvalue weighted by atomic mass is 16.5. The molecule has 1 atom stereocenters. The molecule has 30 heavy (non-hydrogen) atoms. The molecule has 0 spiro atoms. The molecule has 4 heteroatoms. The van der Waals surface area contributed by atoms with E-state index in [2.05, 4.69) is 65.3 Å². The Kier molecular flexibility index (Phi) is 5.34. The predicted octanol–water partition coefficient (Wildman–Crippen LogP) is 4.85. The van der Waals surface area contributed by atoms with Gasteiger partial charge < -0.3 is 14.5 Å². The van der Waals surface area contributed by atoms with E-state index in [4.69, 9.17) is 9.72 Å². The van der Waals surface area contributed by atoms with E-state index in [0.29, 0.717) is 5.92 Å². The van der Waals surface area contributed by atoms with Crippen LogP contribution in [0.5, 0.6) is 5.75 Å². The first kappa shape index (κ1) is 19.4. The van der Waals surface area contributed by atoms with E-state index in [1.165, 1.54) is 34.0 Å². The van der Waals surface area contributed by atoms with Gasteiger partial charge in [0.15, 0.2) is 0 Å². The first-order valence-corrected chi connectivity index (χ1v) is 11.3. The first-order chi connectivity index (χ1) is 14.8. The SMILES string of the molecule is CCN1CCN(c2nc(C3CCCc4c(OC)cccc43)cc3ccccc23)CC1. The van der Waals surface area contributed by atoms with Crippen LogP contribution in [0.1, 0.15) is 42.5 Å². The van der Waals surface area contributed by atoms with Crippen LogP contribution in [-0.4, -0.2) is 49.7 Å². The third-order valence-electron chi connectivity index (χ3n) is 6.90. The number of benzene rings is 2. The molecule has 4 nitrogen and oxygen atoms in total. The van der Waals surface area contributed by atoms with Crippen LogP contribution in [0.3, 0.4) is 0 Å². The molecule has 0 amide bonds. The molecule has 1 saturated heterocycles. The molecule has 0 saturated carbocycles. The van der Waals surface area contributed by atoms with Gasteiger partial charge in [-0.2, -0.15) is 0 Å². The van der Waals surface area contributed by atoms with Crippen molar-refractivity contribution in [2.24, 2.45) is 0 Å². The Morgan fingerprint density at radius 2 is 1.87 bits per heavy atom. The largest absolute Gasteiger partial charge is 0.496 e. The number of piperazine rings is 1. The molecule has 0 radical (unpaired) electrons. The van der Waals surface area contributed by atoms with Crippen molar-refractivity contribution in [2.75, 3.05) is 44.7 Å². The van der Waals surface area contributed by atoms with Gasteiger partial charge in [0, 0.05) is 37.5 Å². The third-order valence-corrected chi connectivity index (χ3v) is 6.90. The Bertz CT molecular complexity index is 1040. The molecule has 1 aliphatic carbocycles. The van der Waals surface area contributed by atoms with Gasteiger partial charge in [0.1, 0.15) is 11.6 Å². The van der Waals surface area contributed by atoms with Crippen molar-refractivity contribution < 1.29 is 4.74 Å².